The number of carbonyl (C=O) groups is 1. The topological polar surface area (TPSA) is 91.2 Å². The lowest BCUT2D eigenvalue weighted by Gasteiger charge is -2.15. The number of hydrogen-bond acceptors (Lipinski definition) is 4. The van der Waals surface area contributed by atoms with E-state index in [-0.39, 0.29) is 11.8 Å². The molecule has 1 aliphatic heterocycles. The number of rotatable bonds is 4. The lowest BCUT2D eigenvalue weighted by atomic mass is 10.1. The number of pyridine rings is 1. The van der Waals surface area contributed by atoms with Crippen LogP contribution >= 0.6 is 0 Å². The molecule has 1 atom stereocenters. The van der Waals surface area contributed by atoms with Gasteiger partial charge in [0.15, 0.2) is 0 Å². The summed E-state index contributed by atoms with van der Waals surface area (Å²) >= 11 is 0. The van der Waals surface area contributed by atoms with E-state index in [1.807, 2.05) is 0 Å². The van der Waals surface area contributed by atoms with E-state index in [1.165, 1.54) is 0 Å². The van der Waals surface area contributed by atoms with Gasteiger partial charge < -0.3 is 4.74 Å². The van der Waals surface area contributed by atoms with Gasteiger partial charge in [0.25, 0.3) is 0 Å². The van der Waals surface area contributed by atoms with Gasteiger partial charge in [0.05, 0.1) is 7.11 Å². The van der Waals surface area contributed by atoms with Crippen LogP contribution in [0.25, 0.3) is 10.4 Å². The van der Waals surface area contributed by atoms with Gasteiger partial charge >= 0.3 is 0 Å². The van der Waals surface area contributed by atoms with E-state index < -0.39 is 0 Å². The number of ether oxygens (including phenoxy) is 1. The number of carbonyl (C=O) groups excluding carboxylic acids is 1. The Kier molecular flexibility index (Phi) is 3.64. The Labute approximate surface area is 104 Å². The van der Waals surface area contributed by atoms with Gasteiger partial charge in [0, 0.05) is 36.7 Å². The molecule has 0 bridgehead atoms. The average molecular weight is 247 g/mol. The highest BCUT2D eigenvalue weighted by molar-refractivity contribution is 5.94. The third kappa shape index (κ3) is 2.52. The summed E-state index contributed by atoms with van der Waals surface area (Å²) in [6.07, 6.45) is 1.99. The summed E-state index contributed by atoms with van der Waals surface area (Å²) in [5, 5.41) is 3.51. The van der Waals surface area contributed by atoms with Crippen LogP contribution in [0.5, 0.6) is 5.75 Å². The molecular formula is C11H13N5O2. The first-order valence-electron chi connectivity index (χ1n) is 5.56. The molecule has 1 unspecified atom stereocenters. The van der Waals surface area contributed by atoms with E-state index in [0.29, 0.717) is 31.1 Å². The minimum Gasteiger partial charge on any atom is -0.497 e. The summed E-state index contributed by atoms with van der Waals surface area (Å²) in [5.74, 6) is 1.28. The van der Waals surface area contributed by atoms with Gasteiger partial charge in [-0.3, -0.25) is 9.69 Å². The maximum atomic E-state index is 11.9. The summed E-state index contributed by atoms with van der Waals surface area (Å²) in [5.41, 5.74) is 8.27. The number of amides is 1. The quantitative estimate of drug-likeness (QED) is 0.461. The second kappa shape index (κ2) is 5.37. The number of azide groups is 1. The smallest absolute Gasteiger partial charge is 0.228 e. The van der Waals surface area contributed by atoms with Crippen molar-refractivity contribution in [1.82, 2.24) is 4.98 Å². The van der Waals surface area contributed by atoms with Crippen molar-refractivity contribution in [3.8, 4) is 5.75 Å². The fraction of sp³-hybridized carbons (Fsp3) is 0.455. The summed E-state index contributed by atoms with van der Waals surface area (Å²) in [6.45, 7) is 0.862. The molecule has 1 aliphatic rings. The Balaban J connectivity index is 2.13. The zero-order valence-electron chi connectivity index (χ0n) is 9.98. The Morgan fingerprint density at radius 3 is 3.28 bits per heavy atom. The van der Waals surface area contributed by atoms with E-state index >= 15 is 0 Å². The van der Waals surface area contributed by atoms with Gasteiger partial charge in [0.1, 0.15) is 11.6 Å². The van der Waals surface area contributed by atoms with Crippen LogP contribution in [-0.2, 0) is 4.79 Å². The monoisotopic (exact) mass is 247 g/mol. The van der Waals surface area contributed by atoms with Crippen LogP contribution in [0.3, 0.4) is 0 Å². The molecule has 1 amide bonds. The third-order valence-corrected chi connectivity index (χ3v) is 2.84. The highest BCUT2D eigenvalue weighted by Gasteiger charge is 2.30. The lowest BCUT2D eigenvalue weighted by Crippen LogP contribution is -2.25. The van der Waals surface area contributed by atoms with E-state index in [9.17, 15) is 4.79 Å². The normalized spacial score (nSPS) is 18.6. The SMILES string of the molecule is COc1ccnc(N2CC(CN=[N+]=[N-])CC2=O)c1. The summed E-state index contributed by atoms with van der Waals surface area (Å²) in [4.78, 5) is 20.3. The maximum absolute atomic E-state index is 11.9. The molecule has 2 rings (SSSR count). The third-order valence-electron chi connectivity index (χ3n) is 2.84. The Morgan fingerprint density at radius 1 is 1.72 bits per heavy atom. The standard InChI is InChI=1S/C11H13N5O2/c1-18-9-2-3-13-10(5-9)16-7-8(4-11(16)17)6-14-15-12/h2-3,5,8H,4,6-7H2,1H3. The number of hydrogen-bond donors (Lipinski definition) is 0. The molecule has 7 nitrogen and oxygen atoms in total. The summed E-state index contributed by atoms with van der Waals surface area (Å²) in [6, 6.07) is 3.44. The fourth-order valence-electron chi connectivity index (χ4n) is 1.95. The highest BCUT2D eigenvalue weighted by atomic mass is 16.5. The molecule has 18 heavy (non-hydrogen) atoms. The Bertz CT molecular complexity index is 498. The second-order valence-corrected chi connectivity index (χ2v) is 4.04. The molecule has 0 N–H and O–H groups in total. The molecule has 0 aromatic carbocycles. The minimum absolute atomic E-state index is 0.00565. The maximum Gasteiger partial charge on any atom is 0.228 e. The number of nitrogens with zero attached hydrogens (tertiary/aromatic N) is 5. The average Bonchev–Trinajstić information content (AvgIpc) is 2.77. The lowest BCUT2D eigenvalue weighted by molar-refractivity contribution is -0.117. The van der Waals surface area contributed by atoms with Crippen molar-refractivity contribution in [3.63, 3.8) is 0 Å². The highest BCUT2D eigenvalue weighted by Crippen LogP contribution is 2.25. The van der Waals surface area contributed by atoms with Gasteiger partial charge in [-0.1, -0.05) is 5.11 Å². The van der Waals surface area contributed by atoms with Crippen molar-refractivity contribution in [2.24, 2.45) is 11.0 Å². The first-order chi connectivity index (χ1) is 8.74. The molecule has 1 aromatic rings. The van der Waals surface area contributed by atoms with Crippen LogP contribution in [0.2, 0.25) is 0 Å². The van der Waals surface area contributed by atoms with Gasteiger partial charge in [-0.2, -0.15) is 0 Å². The van der Waals surface area contributed by atoms with Crippen LogP contribution < -0.4 is 9.64 Å². The molecule has 0 saturated carbocycles. The number of aromatic nitrogens is 1. The molecular weight excluding hydrogens is 234 g/mol. The summed E-state index contributed by atoms with van der Waals surface area (Å²) < 4.78 is 5.10. The predicted molar refractivity (Wildman–Crippen MR) is 65.3 cm³/mol. The molecule has 2 heterocycles. The molecule has 0 radical (unpaired) electrons. The van der Waals surface area contributed by atoms with Crippen LogP contribution in [0.15, 0.2) is 23.4 Å². The van der Waals surface area contributed by atoms with Gasteiger partial charge in [-0.05, 0) is 17.5 Å². The Morgan fingerprint density at radius 2 is 2.56 bits per heavy atom. The molecule has 7 heteroatoms. The van der Waals surface area contributed by atoms with Gasteiger partial charge in [-0.25, -0.2) is 4.98 Å². The first-order valence-corrected chi connectivity index (χ1v) is 5.56. The van der Waals surface area contributed by atoms with Crippen molar-refractivity contribution in [1.29, 1.82) is 0 Å². The van der Waals surface area contributed by atoms with E-state index in [0.717, 1.165) is 0 Å². The zero-order chi connectivity index (χ0) is 13.0. The molecule has 1 aromatic heterocycles. The molecule has 94 valence electrons. The van der Waals surface area contributed by atoms with E-state index in [1.54, 1.807) is 30.3 Å². The summed E-state index contributed by atoms with van der Waals surface area (Å²) in [7, 11) is 1.56. The van der Waals surface area contributed by atoms with E-state index in [4.69, 9.17) is 10.3 Å². The van der Waals surface area contributed by atoms with Crippen LogP contribution in [-0.4, -0.2) is 31.1 Å². The van der Waals surface area contributed by atoms with Crippen molar-refractivity contribution in [2.75, 3.05) is 25.1 Å². The number of anilines is 1. The zero-order valence-corrected chi connectivity index (χ0v) is 9.98. The Hall–Kier alpha value is -2.27. The molecule has 1 fully saturated rings. The van der Waals surface area contributed by atoms with E-state index in [2.05, 4.69) is 15.0 Å². The predicted octanol–water partition coefficient (Wildman–Crippen LogP) is 1.75. The molecule has 1 saturated heterocycles. The largest absolute Gasteiger partial charge is 0.497 e. The van der Waals surface area contributed by atoms with Crippen molar-refractivity contribution in [2.45, 2.75) is 6.42 Å². The van der Waals surface area contributed by atoms with Crippen molar-refractivity contribution >= 4 is 11.7 Å². The first kappa shape index (κ1) is 12.2. The van der Waals surface area contributed by atoms with Crippen LogP contribution in [0, 0.1) is 5.92 Å². The fourth-order valence-corrected chi connectivity index (χ4v) is 1.95. The van der Waals surface area contributed by atoms with Crippen molar-refractivity contribution in [3.05, 3.63) is 28.8 Å². The minimum atomic E-state index is -0.00565. The number of methoxy groups -OCH3 is 1. The van der Waals surface area contributed by atoms with Crippen molar-refractivity contribution < 1.29 is 9.53 Å². The van der Waals surface area contributed by atoms with Crippen LogP contribution in [0.4, 0.5) is 5.82 Å². The second-order valence-electron chi connectivity index (χ2n) is 4.04. The van der Waals surface area contributed by atoms with Crippen LogP contribution in [0.1, 0.15) is 6.42 Å². The molecule has 0 spiro atoms. The molecule has 0 aliphatic carbocycles. The van der Waals surface area contributed by atoms with Gasteiger partial charge in [-0.15, -0.1) is 0 Å². The van der Waals surface area contributed by atoms with Gasteiger partial charge in [0.2, 0.25) is 5.91 Å².